The van der Waals surface area contributed by atoms with E-state index in [0.717, 1.165) is 29.6 Å². The molecule has 1 heterocycles. The predicted molar refractivity (Wildman–Crippen MR) is 71.9 cm³/mol. The highest BCUT2D eigenvalue weighted by Crippen LogP contribution is 2.22. The maximum atomic E-state index is 5.72. The molecular formula is C13H18N4. The van der Waals surface area contributed by atoms with Crippen LogP contribution in [0.2, 0.25) is 0 Å². The molecule has 0 aliphatic carbocycles. The minimum atomic E-state index is 0.317. The molecule has 1 aromatic carbocycles. The number of nitrogens with two attached hydrogens (primary N) is 1. The monoisotopic (exact) mass is 230 g/mol. The summed E-state index contributed by atoms with van der Waals surface area (Å²) in [5.74, 6) is 1.15. The average molecular weight is 230 g/mol. The minimum absolute atomic E-state index is 0.317. The molecule has 0 unspecified atom stereocenters. The third-order valence-electron chi connectivity index (χ3n) is 2.95. The zero-order chi connectivity index (χ0) is 12.3. The van der Waals surface area contributed by atoms with Crippen molar-refractivity contribution in [3.63, 3.8) is 0 Å². The Balaban J connectivity index is 2.44. The van der Waals surface area contributed by atoms with Crippen LogP contribution in [0.5, 0.6) is 0 Å². The van der Waals surface area contributed by atoms with Crippen molar-refractivity contribution in [2.24, 2.45) is 0 Å². The quantitative estimate of drug-likeness (QED) is 0.847. The van der Waals surface area contributed by atoms with Crippen LogP contribution >= 0.6 is 0 Å². The number of hydrogen-bond acceptors (Lipinski definition) is 4. The Morgan fingerprint density at radius 1 is 1.18 bits per heavy atom. The summed E-state index contributed by atoms with van der Waals surface area (Å²) >= 11 is 0. The zero-order valence-corrected chi connectivity index (χ0v) is 10.3. The van der Waals surface area contributed by atoms with Crippen LogP contribution in [-0.2, 0) is 0 Å². The Morgan fingerprint density at radius 2 is 1.88 bits per heavy atom. The fourth-order valence-corrected chi connectivity index (χ4v) is 1.89. The number of nitrogens with zero attached hydrogens (tertiary/aromatic N) is 2. The number of fused-ring (bicyclic) bond motifs is 1. The van der Waals surface area contributed by atoms with Crippen molar-refractivity contribution in [1.29, 1.82) is 0 Å². The summed E-state index contributed by atoms with van der Waals surface area (Å²) in [5, 5.41) is 4.45. The Bertz CT molecular complexity index is 506. The van der Waals surface area contributed by atoms with Gasteiger partial charge in [-0.25, -0.2) is 4.98 Å². The number of nitrogens with one attached hydrogen (secondary N) is 1. The lowest BCUT2D eigenvalue weighted by atomic mass is 10.1. The SMILES string of the molecule is CCC(CC)Nc1nc(N)nc2ccccc12. The smallest absolute Gasteiger partial charge is 0.222 e. The first-order chi connectivity index (χ1) is 8.24. The van der Waals surface area contributed by atoms with E-state index in [0.29, 0.717) is 12.0 Å². The molecule has 4 nitrogen and oxygen atoms in total. The van der Waals surface area contributed by atoms with Crippen molar-refractivity contribution in [3.8, 4) is 0 Å². The molecule has 0 aliphatic rings. The van der Waals surface area contributed by atoms with Crippen LogP contribution in [0, 0.1) is 0 Å². The first-order valence-corrected chi connectivity index (χ1v) is 6.03. The molecule has 1 aromatic heterocycles. The summed E-state index contributed by atoms with van der Waals surface area (Å²) < 4.78 is 0. The Morgan fingerprint density at radius 3 is 2.59 bits per heavy atom. The molecule has 0 saturated heterocycles. The maximum absolute atomic E-state index is 5.72. The lowest BCUT2D eigenvalue weighted by molar-refractivity contribution is 0.669. The molecule has 90 valence electrons. The van der Waals surface area contributed by atoms with Gasteiger partial charge in [0, 0.05) is 11.4 Å². The van der Waals surface area contributed by atoms with E-state index in [2.05, 4.69) is 29.1 Å². The van der Waals surface area contributed by atoms with Gasteiger partial charge in [0.25, 0.3) is 0 Å². The molecule has 0 aliphatic heterocycles. The fourth-order valence-electron chi connectivity index (χ4n) is 1.89. The predicted octanol–water partition coefficient (Wildman–Crippen LogP) is 2.81. The number of benzene rings is 1. The van der Waals surface area contributed by atoms with Gasteiger partial charge in [0.15, 0.2) is 0 Å². The first-order valence-electron chi connectivity index (χ1n) is 6.03. The molecule has 3 N–H and O–H groups in total. The zero-order valence-electron chi connectivity index (χ0n) is 10.3. The van der Waals surface area contributed by atoms with E-state index < -0.39 is 0 Å². The van der Waals surface area contributed by atoms with Gasteiger partial charge >= 0.3 is 0 Å². The Labute approximate surface area is 101 Å². The standard InChI is InChI=1S/C13H18N4/c1-3-9(4-2)15-12-10-7-5-6-8-11(10)16-13(14)17-12/h5-9H,3-4H2,1-2H3,(H3,14,15,16,17). The maximum Gasteiger partial charge on any atom is 0.222 e. The number of aromatic nitrogens is 2. The van der Waals surface area contributed by atoms with Crippen LogP contribution in [0.25, 0.3) is 10.9 Å². The number of para-hydroxylation sites is 1. The Hall–Kier alpha value is -1.84. The summed E-state index contributed by atoms with van der Waals surface area (Å²) in [5.41, 5.74) is 6.60. The minimum Gasteiger partial charge on any atom is -0.368 e. The number of anilines is 2. The van der Waals surface area contributed by atoms with Crippen molar-refractivity contribution in [2.75, 3.05) is 11.1 Å². The fraction of sp³-hybridized carbons (Fsp3) is 0.385. The lowest BCUT2D eigenvalue weighted by Crippen LogP contribution is -2.18. The molecule has 0 spiro atoms. The van der Waals surface area contributed by atoms with Gasteiger partial charge in [-0.15, -0.1) is 0 Å². The third-order valence-corrected chi connectivity index (χ3v) is 2.95. The molecule has 0 saturated carbocycles. The van der Waals surface area contributed by atoms with Gasteiger partial charge in [-0.2, -0.15) is 4.98 Å². The largest absolute Gasteiger partial charge is 0.368 e. The van der Waals surface area contributed by atoms with Crippen LogP contribution in [0.3, 0.4) is 0 Å². The number of rotatable bonds is 4. The van der Waals surface area contributed by atoms with Crippen molar-refractivity contribution in [2.45, 2.75) is 32.7 Å². The van der Waals surface area contributed by atoms with Crippen molar-refractivity contribution >= 4 is 22.7 Å². The van der Waals surface area contributed by atoms with Gasteiger partial charge < -0.3 is 11.1 Å². The molecule has 0 atom stereocenters. The van der Waals surface area contributed by atoms with Gasteiger partial charge in [0.1, 0.15) is 5.82 Å². The topological polar surface area (TPSA) is 63.8 Å². The van der Waals surface area contributed by atoms with Crippen molar-refractivity contribution in [3.05, 3.63) is 24.3 Å². The van der Waals surface area contributed by atoms with E-state index in [1.54, 1.807) is 0 Å². The van der Waals surface area contributed by atoms with E-state index in [9.17, 15) is 0 Å². The van der Waals surface area contributed by atoms with Crippen LogP contribution < -0.4 is 11.1 Å². The summed E-state index contributed by atoms with van der Waals surface area (Å²) in [7, 11) is 0. The molecule has 0 fully saturated rings. The summed E-state index contributed by atoms with van der Waals surface area (Å²) in [6.45, 7) is 4.32. The van der Waals surface area contributed by atoms with Crippen LogP contribution in [-0.4, -0.2) is 16.0 Å². The molecule has 2 aromatic rings. The molecule has 2 rings (SSSR count). The van der Waals surface area contributed by atoms with E-state index >= 15 is 0 Å². The highest BCUT2D eigenvalue weighted by Gasteiger charge is 2.09. The van der Waals surface area contributed by atoms with Crippen molar-refractivity contribution < 1.29 is 0 Å². The molecular weight excluding hydrogens is 212 g/mol. The highest BCUT2D eigenvalue weighted by molar-refractivity contribution is 5.89. The van der Waals surface area contributed by atoms with Crippen LogP contribution in [0.4, 0.5) is 11.8 Å². The van der Waals surface area contributed by atoms with Gasteiger partial charge in [0.2, 0.25) is 5.95 Å². The van der Waals surface area contributed by atoms with E-state index in [1.165, 1.54) is 0 Å². The van der Waals surface area contributed by atoms with Gasteiger partial charge in [0.05, 0.1) is 5.52 Å². The van der Waals surface area contributed by atoms with E-state index in [4.69, 9.17) is 5.73 Å². The van der Waals surface area contributed by atoms with Gasteiger partial charge in [-0.1, -0.05) is 26.0 Å². The van der Waals surface area contributed by atoms with Crippen molar-refractivity contribution in [1.82, 2.24) is 9.97 Å². The normalized spacial score (nSPS) is 11.0. The summed E-state index contributed by atoms with van der Waals surface area (Å²) in [6.07, 6.45) is 2.13. The van der Waals surface area contributed by atoms with Crippen LogP contribution in [0.1, 0.15) is 26.7 Å². The second kappa shape index (κ2) is 4.99. The van der Waals surface area contributed by atoms with Gasteiger partial charge in [-0.05, 0) is 25.0 Å². The molecule has 17 heavy (non-hydrogen) atoms. The molecule has 0 amide bonds. The summed E-state index contributed by atoms with van der Waals surface area (Å²) in [6, 6.07) is 8.33. The molecule has 4 heteroatoms. The third kappa shape index (κ3) is 2.46. The first kappa shape index (κ1) is 11.6. The van der Waals surface area contributed by atoms with Gasteiger partial charge in [-0.3, -0.25) is 0 Å². The van der Waals surface area contributed by atoms with E-state index in [-0.39, 0.29) is 0 Å². The number of nitrogen functional groups attached to an aromatic ring is 1. The second-order valence-electron chi connectivity index (χ2n) is 4.11. The average Bonchev–Trinajstić information content (AvgIpc) is 2.35. The molecule has 0 bridgehead atoms. The lowest BCUT2D eigenvalue weighted by Gasteiger charge is -2.16. The summed E-state index contributed by atoms with van der Waals surface area (Å²) in [4.78, 5) is 8.51. The van der Waals surface area contributed by atoms with E-state index in [1.807, 2.05) is 24.3 Å². The number of hydrogen-bond donors (Lipinski definition) is 2. The second-order valence-corrected chi connectivity index (χ2v) is 4.11. The molecule has 0 radical (unpaired) electrons. The Kier molecular flexibility index (Phi) is 3.42. The van der Waals surface area contributed by atoms with Crippen LogP contribution in [0.15, 0.2) is 24.3 Å². The highest BCUT2D eigenvalue weighted by atomic mass is 15.1.